The van der Waals surface area contributed by atoms with Crippen LogP contribution in [-0.2, 0) is 22.6 Å². The van der Waals surface area contributed by atoms with Gasteiger partial charge in [-0.3, -0.25) is 9.59 Å². The van der Waals surface area contributed by atoms with E-state index in [0.717, 1.165) is 23.1 Å². The Morgan fingerprint density at radius 1 is 1.00 bits per heavy atom. The van der Waals surface area contributed by atoms with Gasteiger partial charge in [0.1, 0.15) is 11.9 Å². The van der Waals surface area contributed by atoms with Crippen LogP contribution in [0, 0.1) is 12.7 Å². The van der Waals surface area contributed by atoms with Crippen molar-refractivity contribution in [1.82, 2.24) is 10.2 Å². The van der Waals surface area contributed by atoms with E-state index >= 15 is 0 Å². The topological polar surface area (TPSA) is 49.4 Å². The van der Waals surface area contributed by atoms with Crippen LogP contribution in [0.1, 0.15) is 43.4 Å². The van der Waals surface area contributed by atoms with Crippen molar-refractivity contribution in [3.63, 3.8) is 0 Å². The first kappa shape index (κ1) is 21.6. The van der Waals surface area contributed by atoms with Gasteiger partial charge in [-0.05, 0) is 43.0 Å². The van der Waals surface area contributed by atoms with Crippen molar-refractivity contribution in [3.05, 3.63) is 71.0 Å². The Kier molecular flexibility index (Phi) is 8.18. The molecule has 0 aliphatic rings. The lowest BCUT2D eigenvalue weighted by atomic mass is 10.1. The van der Waals surface area contributed by atoms with E-state index in [2.05, 4.69) is 5.32 Å². The first-order valence-corrected chi connectivity index (χ1v) is 9.81. The molecule has 2 aromatic carbocycles. The van der Waals surface area contributed by atoms with E-state index in [1.807, 2.05) is 45.0 Å². The Bertz CT molecular complexity index is 772. The molecule has 150 valence electrons. The highest BCUT2D eigenvalue weighted by Crippen LogP contribution is 2.15. The molecule has 1 atom stereocenters. The summed E-state index contributed by atoms with van der Waals surface area (Å²) in [6.07, 6.45) is 1.56. The molecule has 0 aliphatic heterocycles. The lowest BCUT2D eigenvalue weighted by Crippen LogP contribution is -2.49. The van der Waals surface area contributed by atoms with Crippen LogP contribution in [0.5, 0.6) is 0 Å². The summed E-state index contributed by atoms with van der Waals surface area (Å²) in [5, 5.41) is 2.89. The van der Waals surface area contributed by atoms with Crippen molar-refractivity contribution in [2.75, 3.05) is 6.54 Å². The van der Waals surface area contributed by atoms with Crippen LogP contribution in [0.15, 0.2) is 48.5 Å². The molecule has 0 heterocycles. The third-order valence-electron chi connectivity index (χ3n) is 4.68. The third-order valence-corrected chi connectivity index (χ3v) is 4.68. The van der Waals surface area contributed by atoms with E-state index in [0.29, 0.717) is 13.0 Å². The summed E-state index contributed by atoms with van der Waals surface area (Å²) in [5.74, 6) is -0.593. The van der Waals surface area contributed by atoms with E-state index in [4.69, 9.17) is 0 Å². The van der Waals surface area contributed by atoms with E-state index < -0.39 is 6.04 Å². The average molecular weight is 384 g/mol. The molecule has 0 spiro atoms. The third kappa shape index (κ3) is 6.19. The predicted molar refractivity (Wildman–Crippen MR) is 109 cm³/mol. The first-order chi connectivity index (χ1) is 13.4. The number of benzene rings is 2. The van der Waals surface area contributed by atoms with Crippen molar-refractivity contribution in [3.8, 4) is 0 Å². The van der Waals surface area contributed by atoms with E-state index in [9.17, 15) is 14.0 Å². The summed E-state index contributed by atoms with van der Waals surface area (Å²) in [7, 11) is 0. The lowest BCUT2D eigenvalue weighted by molar-refractivity contribution is -0.140. The Hall–Kier alpha value is -2.69. The Morgan fingerprint density at radius 2 is 1.61 bits per heavy atom. The minimum absolute atomic E-state index is 0.119. The minimum Gasteiger partial charge on any atom is -0.354 e. The molecule has 0 bridgehead atoms. The molecular formula is C23H29FN2O2. The SMILES string of the molecule is CCCNC(=O)[C@H](CC)N(Cc1ccc(F)cc1)C(=O)Cc1ccc(C)cc1. The van der Waals surface area contributed by atoms with E-state index in [1.165, 1.54) is 12.1 Å². The zero-order chi connectivity index (χ0) is 20.5. The molecule has 0 unspecified atom stereocenters. The zero-order valence-electron chi connectivity index (χ0n) is 16.9. The molecule has 0 aliphatic carbocycles. The number of aryl methyl sites for hydroxylation is 1. The molecule has 0 aromatic heterocycles. The van der Waals surface area contributed by atoms with Crippen LogP contribution in [0.2, 0.25) is 0 Å². The number of nitrogens with one attached hydrogen (secondary N) is 1. The molecular weight excluding hydrogens is 355 g/mol. The highest BCUT2D eigenvalue weighted by atomic mass is 19.1. The monoisotopic (exact) mass is 384 g/mol. The number of rotatable bonds is 9. The Balaban J connectivity index is 2.24. The molecule has 0 saturated heterocycles. The number of carbonyl (C=O) groups is 2. The summed E-state index contributed by atoms with van der Waals surface area (Å²) in [5.41, 5.74) is 2.83. The second kappa shape index (κ2) is 10.6. The molecule has 4 nitrogen and oxygen atoms in total. The quantitative estimate of drug-likeness (QED) is 0.710. The predicted octanol–water partition coefficient (Wildman–Crippen LogP) is 4.01. The van der Waals surface area contributed by atoms with Gasteiger partial charge in [-0.2, -0.15) is 0 Å². The maximum atomic E-state index is 13.3. The second-order valence-corrected chi connectivity index (χ2v) is 7.03. The molecule has 5 heteroatoms. The standard InChI is InChI=1S/C23H29FN2O2/c1-4-14-25-23(28)21(5-2)26(16-19-10-12-20(24)13-11-19)22(27)15-18-8-6-17(3)7-9-18/h6-13,21H,4-5,14-16H2,1-3H3,(H,25,28)/t21-/m0/s1. The van der Waals surface area contributed by atoms with Crippen molar-refractivity contribution in [1.29, 1.82) is 0 Å². The van der Waals surface area contributed by atoms with Gasteiger partial charge in [-0.15, -0.1) is 0 Å². The fraction of sp³-hybridized carbons (Fsp3) is 0.391. The number of nitrogens with zero attached hydrogens (tertiary/aromatic N) is 1. The number of halogens is 1. The summed E-state index contributed by atoms with van der Waals surface area (Å²) in [6.45, 7) is 6.72. The lowest BCUT2D eigenvalue weighted by Gasteiger charge is -2.30. The average Bonchev–Trinajstić information content (AvgIpc) is 2.69. The molecule has 2 aromatic rings. The van der Waals surface area contributed by atoms with Crippen LogP contribution < -0.4 is 5.32 Å². The Labute approximate surface area is 166 Å². The highest BCUT2D eigenvalue weighted by Gasteiger charge is 2.28. The van der Waals surface area contributed by atoms with Gasteiger partial charge >= 0.3 is 0 Å². The fourth-order valence-corrected chi connectivity index (χ4v) is 3.05. The molecule has 0 saturated carbocycles. The molecule has 2 amide bonds. The fourth-order valence-electron chi connectivity index (χ4n) is 3.05. The first-order valence-electron chi connectivity index (χ1n) is 9.81. The van der Waals surface area contributed by atoms with Gasteiger partial charge in [0.2, 0.25) is 11.8 Å². The van der Waals surface area contributed by atoms with Crippen LogP contribution in [0.3, 0.4) is 0 Å². The highest BCUT2D eigenvalue weighted by molar-refractivity contribution is 5.88. The Morgan fingerprint density at radius 3 is 2.18 bits per heavy atom. The van der Waals surface area contributed by atoms with Crippen LogP contribution in [0.4, 0.5) is 4.39 Å². The second-order valence-electron chi connectivity index (χ2n) is 7.03. The number of hydrogen-bond acceptors (Lipinski definition) is 2. The van der Waals surface area contributed by atoms with Crippen molar-refractivity contribution >= 4 is 11.8 Å². The summed E-state index contributed by atoms with van der Waals surface area (Å²) < 4.78 is 13.3. The van der Waals surface area contributed by atoms with Gasteiger partial charge in [-0.1, -0.05) is 55.8 Å². The van der Waals surface area contributed by atoms with Gasteiger partial charge in [-0.25, -0.2) is 4.39 Å². The van der Waals surface area contributed by atoms with Gasteiger partial charge < -0.3 is 10.2 Å². The smallest absolute Gasteiger partial charge is 0.242 e. The molecule has 0 radical (unpaired) electrons. The molecule has 1 N–H and O–H groups in total. The van der Waals surface area contributed by atoms with Gasteiger partial charge in [0.25, 0.3) is 0 Å². The van der Waals surface area contributed by atoms with Crippen LogP contribution >= 0.6 is 0 Å². The van der Waals surface area contributed by atoms with E-state index in [1.54, 1.807) is 17.0 Å². The summed E-state index contributed by atoms with van der Waals surface area (Å²) >= 11 is 0. The number of carbonyl (C=O) groups excluding carboxylic acids is 2. The van der Waals surface area contributed by atoms with Crippen molar-refractivity contribution in [2.24, 2.45) is 0 Å². The molecule has 28 heavy (non-hydrogen) atoms. The van der Waals surface area contributed by atoms with Gasteiger partial charge in [0.05, 0.1) is 6.42 Å². The van der Waals surface area contributed by atoms with Crippen LogP contribution in [0.25, 0.3) is 0 Å². The zero-order valence-corrected chi connectivity index (χ0v) is 16.9. The maximum absolute atomic E-state index is 13.3. The van der Waals surface area contributed by atoms with Crippen molar-refractivity contribution < 1.29 is 14.0 Å². The van der Waals surface area contributed by atoms with E-state index in [-0.39, 0.29) is 30.6 Å². The summed E-state index contributed by atoms with van der Waals surface area (Å²) in [6, 6.07) is 13.3. The summed E-state index contributed by atoms with van der Waals surface area (Å²) in [4.78, 5) is 27.4. The number of hydrogen-bond donors (Lipinski definition) is 1. The number of amides is 2. The molecule has 0 fully saturated rings. The maximum Gasteiger partial charge on any atom is 0.242 e. The normalized spacial score (nSPS) is 11.7. The minimum atomic E-state index is -0.561. The van der Waals surface area contributed by atoms with Crippen LogP contribution in [-0.4, -0.2) is 29.3 Å². The molecule has 2 rings (SSSR count). The van der Waals surface area contributed by atoms with Crippen molar-refractivity contribution in [2.45, 2.75) is 52.6 Å². The van der Waals surface area contributed by atoms with Gasteiger partial charge in [0, 0.05) is 13.1 Å². The largest absolute Gasteiger partial charge is 0.354 e. The van der Waals surface area contributed by atoms with Gasteiger partial charge in [0.15, 0.2) is 0 Å².